The van der Waals surface area contributed by atoms with Crippen LogP contribution in [0.4, 0.5) is 5.69 Å². The fourth-order valence-electron chi connectivity index (χ4n) is 4.87. The van der Waals surface area contributed by atoms with Gasteiger partial charge in [-0.05, 0) is 54.7 Å². The molecule has 6 rings (SSSR count). The number of carbonyl (C=O) groups is 2. The van der Waals surface area contributed by atoms with Gasteiger partial charge < -0.3 is 23.8 Å². The third kappa shape index (κ3) is 3.58. The molecule has 0 bridgehead atoms. The molecule has 0 atom stereocenters. The molecule has 1 saturated heterocycles. The molecule has 4 aromatic rings. The molecule has 33 heavy (non-hydrogen) atoms. The highest BCUT2D eigenvalue weighted by Crippen LogP contribution is 2.33. The molecule has 7 heteroatoms. The molecule has 1 N–H and O–H groups in total. The molecule has 2 aromatic heterocycles. The van der Waals surface area contributed by atoms with Gasteiger partial charge in [-0.2, -0.15) is 0 Å². The number of furan rings is 2. The molecule has 1 aliphatic carbocycles. The standard InChI is InChI=1S/C26H24N2O5/c29-23(14-18-15-32-22-13-17-5-3-4-16(17)12-20(18)22)27-24-19-6-1-2-7-21(19)33-25(24)26(30)28-8-10-31-11-9-28/h1-2,6-7,12-13,15H,3-5,8-11,14H2,(H,27,29). The number of aryl methyl sites for hydroxylation is 2. The van der Waals surface area contributed by atoms with Gasteiger partial charge in [0.25, 0.3) is 5.91 Å². The van der Waals surface area contributed by atoms with Crippen molar-refractivity contribution in [2.75, 3.05) is 31.6 Å². The lowest BCUT2D eigenvalue weighted by Gasteiger charge is -2.26. The Morgan fingerprint density at radius 3 is 2.61 bits per heavy atom. The van der Waals surface area contributed by atoms with E-state index in [1.54, 1.807) is 17.2 Å². The molecule has 2 amide bonds. The summed E-state index contributed by atoms with van der Waals surface area (Å²) in [5.41, 5.74) is 5.31. The van der Waals surface area contributed by atoms with E-state index in [0.29, 0.717) is 43.0 Å². The molecular weight excluding hydrogens is 420 g/mol. The van der Waals surface area contributed by atoms with Crippen molar-refractivity contribution in [3.63, 3.8) is 0 Å². The van der Waals surface area contributed by atoms with Gasteiger partial charge in [-0.1, -0.05) is 12.1 Å². The highest BCUT2D eigenvalue weighted by atomic mass is 16.5. The van der Waals surface area contributed by atoms with E-state index in [4.69, 9.17) is 13.6 Å². The quantitative estimate of drug-likeness (QED) is 0.507. The number of fused-ring (bicyclic) bond motifs is 3. The van der Waals surface area contributed by atoms with E-state index in [1.165, 1.54) is 11.1 Å². The van der Waals surface area contributed by atoms with Crippen LogP contribution in [0.3, 0.4) is 0 Å². The number of ether oxygens (including phenoxy) is 1. The summed E-state index contributed by atoms with van der Waals surface area (Å²) < 4.78 is 17.0. The molecule has 0 saturated carbocycles. The van der Waals surface area contributed by atoms with Crippen LogP contribution in [0.2, 0.25) is 0 Å². The minimum absolute atomic E-state index is 0.149. The average molecular weight is 444 g/mol. The first-order valence-electron chi connectivity index (χ1n) is 11.4. The van der Waals surface area contributed by atoms with Gasteiger partial charge in [0.15, 0.2) is 0 Å². The van der Waals surface area contributed by atoms with Crippen LogP contribution in [0.1, 0.15) is 33.7 Å². The second kappa shape index (κ2) is 8.08. The molecule has 0 spiro atoms. The van der Waals surface area contributed by atoms with Crippen molar-refractivity contribution in [3.05, 3.63) is 65.1 Å². The second-order valence-corrected chi connectivity index (χ2v) is 8.66. The summed E-state index contributed by atoms with van der Waals surface area (Å²) in [6.07, 6.45) is 5.11. The van der Waals surface area contributed by atoms with E-state index in [-0.39, 0.29) is 24.0 Å². The number of morpholine rings is 1. The lowest BCUT2D eigenvalue weighted by Crippen LogP contribution is -2.40. The number of nitrogens with one attached hydrogen (secondary N) is 1. The van der Waals surface area contributed by atoms with Crippen molar-refractivity contribution in [1.29, 1.82) is 0 Å². The second-order valence-electron chi connectivity index (χ2n) is 8.66. The molecule has 7 nitrogen and oxygen atoms in total. The maximum absolute atomic E-state index is 13.2. The summed E-state index contributed by atoms with van der Waals surface area (Å²) in [6, 6.07) is 11.6. The zero-order valence-corrected chi connectivity index (χ0v) is 18.2. The summed E-state index contributed by atoms with van der Waals surface area (Å²) >= 11 is 0. The maximum atomic E-state index is 13.2. The van der Waals surface area contributed by atoms with Gasteiger partial charge >= 0.3 is 0 Å². The highest BCUT2D eigenvalue weighted by molar-refractivity contribution is 6.11. The van der Waals surface area contributed by atoms with E-state index in [2.05, 4.69) is 17.4 Å². The largest absolute Gasteiger partial charge is 0.464 e. The maximum Gasteiger partial charge on any atom is 0.291 e. The monoisotopic (exact) mass is 444 g/mol. The van der Waals surface area contributed by atoms with Gasteiger partial charge in [-0.25, -0.2) is 0 Å². The van der Waals surface area contributed by atoms with Gasteiger partial charge in [0.1, 0.15) is 16.9 Å². The van der Waals surface area contributed by atoms with Crippen molar-refractivity contribution in [3.8, 4) is 0 Å². The first-order chi connectivity index (χ1) is 16.2. The summed E-state index contributed by atoms with van der Waals surface area (Å²) in [5, 5.41) is 4.64. The van der Waals surface area contributed by atoms with Crippen LogP contribution in [-0.4, -0.2) is 43.0 Å². The smallest absolute Gasteiger partial charge is 0.291 e. The minimum Gasteiger partial charge on any atom is -0.464 e. The Kier molecular flexibility index (Phi) is 4.91. The van der Waals surface area contributed by atoms with Crippen LogP contribution in [0.5, 0.6) is 0 Å². The Morgan fingerprint density at radius 2 is 1.76 bits per heavy atom. The fourth-order valence-corrected chi connectivity index (χ4v) is 4.87. The van der Waals surface area contributed by atoms with Crippen LogP contribution in [0, 0.1) is 0 Å². The van der Waals surface area contributed by atoms with E-state index in [9.17, 15) is 9.59 Å². The van der Waals surface area contributed by atoms with Crippen LogP contribution < -0.4 is 5.32 Å². The Labute approximate surface area is 190 Å². The number of rotatable bonds is 4. The predicted molar refractivity (Wildman–Crippen MR) is 124 cm³/mol. The molecule has 0 radical (unpaired) electrons. The minimum atomic E-state index is -0.242. The number of hydrogen-bond donors (Lipinski definition) is 1. The zero-order valence-electron chi connectivity index (χ0n) is 18.2. The lowest BCUT2D eigenvalue weighted by molar-refractivity contribution is -0.115. The molecule has 2 aliphatic rings. The van der Waals surface area contributed by atoms with Gasteiger partial charge in [0.05, 0.1) is 25.9 Å². The highest BCUT2D eigenvalue weighted by Gasteiger charge is 2.28. The van der Waals surface area contributed by atoms with Crippen molar-refractivity contribution < 1.29 is 23.2 Å². The van der Waals surface area contributed by atoms with Crippen molar-refractivity contribution in [1.82, 2.24) is 4.90 Å². The zero-order chi connectivity index (χ0) is 22.4. The first-order valence-corrected chi connectivity index (χ1v) is 11.4. The number of nitrogens with zero attached hydrogens (tertiary/aromatic N) is 1. The molecule has 0 unspecified atom stereocenters. The summed E-state index contributed by atoms with van der Waals surface area (Å²) in [7, 11) is 0. The number of benzene rings is 2. The fraction of sp³-hybridized carbons (Fsp3) is 0.308. The number of hydrogen-bond acceptors (Lipinski definition) is 5. The lowest BCUT2D eigenvalue weighted by atomic mass is 10.0. The van der Waals surface area contributed by atoms with Gasteiger partial charge in [-0.3, -0.25) is 9.59 Å². The number of amides is 2. The first kappa shape index (κ1) is 20.1. The van der Waals surface area contributed by atoms with Gasteiger partial charge in [-0.15, -0.1) is 0 Å². The molecule has 168 valence electrons. The Balaban J connectivity index is 1.30. The van der Waals surface area contributed by atoms with Crippen LogP contribution in [0.25, 0.3) is 21.9 Å². The molecule has 3 heterocycles. The third-order valence-corrected chi connectivity index (χ3v) is 6.57. The summed E-state index contributed by atoms with van der Waals surface area (Å²) in [4.78, 5) is 28.0. The molecule has 2 aromatic carbocycles. The van der Waals surface area contributed by atoms with Crippen LogP contribution >= 0.6 is 0 Å². The van der Waals surface area contributed by atoms with Crippen LogP contribution in [-0.2, 0) is 28.8 Å². The predicted octanol–water partition coefficient (Wildman–Crippen LogP) is 4.32. The Bertz CT molecular complexity index is 1380. The Morgan fingerprint density at radius 1 is 0.970 bits per heavy atom. The van der Waals surface area contributed by atoms with E-state index >= 15 is 0 Å². The van der Waals surface area contributed by atoms with Gasteiger partial charge in [0.2, 0.25) is 11.7 Å². The SMILES string of the molecule is O=C(Cc1coc2cc3c(cc12)CCC3)Nc1c(C(=O)N2CCOCC2)oc2ccccc12. The molecular formula is C26H24N2O5. The number of carbonyl (C=O) groups excluding carboxylic acids is 2. The number of para-hydroxylation sites is 1. The normalized spacial score (nSPS) is 15.8. The Hall–Kier alpha value is -3.58. The average Bonchev–Trinajstić information content (AvgIpc) is 3.55. The van der Waals surface area contributed by atoms with Gasteiger partial charge in [0, 0.05) is 29.4 Å². The van der Waals surface area contributed by atoms with Crippen LogP contribution in [0.15, 0.2) is 51.5 Å². The molecule has 1 aliphatic heterocycles. The molecule has 1 fully saturated rings. The van der Waals surface area contributed by atoms with E-state index < -0.39 is 0 Å². The van der Waals surface area contributed by atoms with Crippen molar-refractivity contribution in [2.45, 2.75) is 25.7 Å². The van der Waals surface area contributed by atoms with E-state index in [0.717, 1.165) is 35.8 Å². The topological polar surface area (TPSA) is 84.9 Å². The van der Waals surface area contributed by atoms with E-state index in [1.807, 2.05) is 18.2 Å². The summed E-state index contributed by atoms with van der Waals surface area (Å²) in [6.45, 7) is 1.97. The summed E-state index contributed by atoms with van der Waals surface area (Å²) in [5.74, 6) is -0.309. The van der Waals surface area contributed by atoms with Crippen molar-refractivity contribution >= 4 is 39.4 Å². The van der Waals surface area contributed by atoms with Crippen molar-refractivity contribution in [2.24, 2.45) is 0 Å². The number of anilines is 1. The third-order valence-electron chi connectivity index (χ3n) is 6.57.